The zero-order valence-electron chi connectivity index (χ0n) is 10.2. The van der Waals surface area contributed by atoms with Gasteiger partial charge in [-0.1, -0.05) is 6.92 Å². The summed E-state index contributed by atoms with van der Waals surface area (Å²) in [7, 11) is 1.92. The van der Waals surface area contributed by atoms with Crippen molar-refractivity contribution in [3.8, 4) is 0 Å². The van der Waals surface area contributed by atoms with Gasteiger partial charge in [-0.05, 0) is 50.0 Å². The van der Waals surface area contributed by atoms with E-state index in [0.717, 1.165) is 26.4 Å². The number of aromatic nitrogens is 3. The van der Waals surface area contributed by atoms with Crippen molar-refractivity contribution in [2.24, 2.45) is 7.05 Å². The van der Waals surface area contributed by atoms with E-state index in [9.17, 15) is 0 Å². The van der Waals surface area contributed by atoms with Gasteiger partial charge in [0, 0.05) is 19.5 Å². The first-order chi connectivity index (χ1) is 8.61. The molecule has 1 N–H and O–H groups in total. The molecule has 0 aromatic carbocycles. The summed E-state index contributed by atoms with van der Waals surface area (Å²) < 4.78 is 4.10. The van der Waals surface area contributed by atoms with Crippen molar-refractivity contribution < 1.29 is 0 Å². The van der Waals surface area contributed by atoms with Crippen LogP contribution in [0.15, 0.2) is 20.0 Å². The fourth-order valence-electron chi connectivity index (χ4n) is 1.82. The summed E-state index contributed by atoms with van der Waals surface area (Å²) >= 11 is 8.83. The van der Waals surface area contributed by atoms with Crippen LogP contribution in [0.4, 0.5) is 0 Å². The number of rotatable bonds is 5. The number of aryl methyl sites for hydroxylation is 1. The van der Waals surface area contributed by atoms with Crippen molar-refractivity contribution in [2.75, 3.05) is 6.54 Å². The smallest absolute Gasteiger partial charge is 0.138 e. The number of nitrogens with one attached hydrogen (secondary N) is 1. The molecule has 1 atom stereocenters. The molecule has 18 heavy (non-hydrogen) atoms. The summed E-state index contributed by atoms with van der Waals surface area (Å²) in [6.07, 6.45) is 2.42. The van der Waals surface area contributed by atoms with Crippen molar-refractivity contribution in [1.29, 1.82) is 0 Å². The maximum absolute atomic E-state index is 4.29. The zero-order valence-corrected chi connectivity index (χ0v) is 14.1. The Labute approximate surface area is 127 Å². The minimum atomic E-state index is 0.245. The number of hydrogen-bond acceptors (Lipinski definition) is 4. The summed E-state index contributed by atoms with van der Waals surface area (Å²) in [4.78, 5) is 4.29. The number of halogens is 2. The molecule has 2 aromatic heterocycles. The van der Waals surface area contributed by atoms with Gasteiger partial charge < -0.3 is 5.32 Å². The highest BCUT2D eigenvalue weighted by Gasteiger charge is 2.18. The second kappa shape index (κ2) is 6.27. The van der Waals surface area contributed by atoms with Crippen LogP contribution in [0, 0.1) is 0 Å². The van der Waals surface area contributed by atoms with E-state index in [0.29, 0.717) is 0 Å². The maximum atomic E-state index is 4.29. The standard InChI is InChI=1S/C11H14Br2N4S/c1-3-14-8(5-10-15-6-16-17(10)2)7-4-9(12)18-11(7)13/h4,6,8,14H,3,5H2,1-2H3. The predicted molar refractivity (Wildman–Crippen MR) is 80.8 cm³/mol. The molecule has 0 saturated carbocycles. The Kier molecular flexibility index (Phi) is 4.94. The molecular formula is C11H14Br2N4S. The van der Waals surface area contributed by atoms with E-state index < -0.39 is 0 Å². The number of likely N-dealkylation sites (N-methyl/N-ethyl adjacent to an activating group) is 1. The van der Waals surface area contributed by atoms with Crippen molar-refractivity contribution in [3.05, 3.63) is 31.4 Å². The van der Waals surface area contributed by atoms with Crippen LogP contribution in [0.3, 0.4) is 0 Å². The second-order valence-electron chi connectivity index (χ2n) is 3.89. The van der Waals surface area contributed by atoms with E-state index in [-0.39, 0.29) is 6.04 Å². The van der Waals surface area contributed by atoms with E-state index in [1.807, 2.05) is 11.7 Å². The Balaban J connectivity index is 2.23. The molecule has 0 radical (unpaired) electrons. The molecule has 0 aliphatic rings. The second-order valence-corrected chi connectivity index (χ2v) is 7.64. The Morgan fingerprint density at radius 1 is 1.50 bits per heavy atom. The molecule has 0 bridgehead atoms. The van der Waals surface area contributed by atoms with Crippen LogP contribution in [-0.2, 0) is 13.5 Å². The molecule has 4 nitrogen and oxygen atoms in total. The third kappa shape index (κ3) is 3.20. The predicted octanol–water partition coefficient (Wildman–Crippen LogP) is 3.29. The molecule has 0 aliphatic carbocycles. The summed E-state index contributed by atoms with van der Waals surface area (Å²) in [6, 6.07) is 2.40. The molecule has 7 heteroatoms. The molecule has 2 rings (SSSR count). The molecule has 0 aliphatic heterocycles. The number of thiophene rings is 1. The van der Waals surface area contributed by atoms with Gasteiger partial charge in [-0.25, -0.2) is 4.98 Å². The molecule has 2 aromatic rings. The molecule has 0 fully saturated rings. The van der Waals surface area contributed by atoms with Crippen LogP contribution in [0.2, 0.25) is 0 Å². The molecule has 98 valence electrons. The minimum absolute atomic E-state index is 0.245. The zero-order chi connectivity index (χ0) is 13.1. The Bertz CT molecular complexity index is 523. The molecule has 0 spiro atoms. The molecule has 1 unspecified atom stereocenters. The van der Waals surface area contributed by atoms with Gasteiger partial charge in [-0.15, -0.1) is 11.3 Å². The Morgan fingerprint density at radius 2 is 2.28 bits per heavy atom. The topological polar surface area (TPSA) is 42.7 Å². The highest BCUT2D eigenvalue weighted by molar-refractivity contribution is 9.12. The van der Waals surface area contributed by atoms with Crippen molar-refractivity contribution in [2.45, 2.75) is 19.4 Å². The molecule has 0 amide bonds. The van der Waals surface area contributed by atoms with Gasteiger partial charge >= 0.3 is 0 Å². The lowest BCUT2D eigenvalue weighted by molar-refractivity contribution is 0.522. The van der Waals surface area contributed by atoms with E-state index in [2.05, 4.69) is 60.2 Å². The van der Waals surface area contributed by atoms with Crippen LogP contribution in [0.25, 0.3) is 0 Å². The average molecular weight is 394 g/mol. The Morgan fingerprint density at radius 3 is 2.78 bits per heavy atom. The summed E-state index contributed by atoms with van der Waals surface area (Å²) in [5, 5.41) is 7.60. The molecule has 0 saturated heterocycles. The van der Waals surface area contributed by atoms with Crippen LogP contribution in [-0.4, -0.2) is 21.3 Å². The van der Waals surface area contributed by atoms with Crippen molar-refractivity contribution in [3.63, 3.8) is 0 Å². The minimum Gasteiger partial charge on any atom is -0.310 e. The van der Waals surface area contributed by atoms with Crippen LogP contribution in [0.1, 0.15) is 24.4 Å². The lowest BCUT2D eigenvalue weighted by Crippen LogP contribution is -2.24. The van der Waals surface area contributed by atoms with Crippen LogP contribution >= 0.6 is 43.2 Å². The first-order valence-electron chi connectivity index (χ1n) is 5.62. The maximum Gasteiger partial charge on any atom is 0.138 e. The highest BCUT2D eigenvalue weighted by atomic mass is 79.9. The average Bonchev–Trinajstić information content (AvgIpc) is 2.85. The summed E-state index contributed by atoms with van der Waals surface area (Å²) in [6.45, 7) is 3.03. The van der Waals surface area contributed by atoms with Gasteiger partial charge in [0.2, 0.25) is 0 Å². The fraction of sp³-hybridized carbons (Fsp3) is 0.455. The summed E-state index contributed by atoms with van der Waals surface area (Å²) in [5.41, 5.74) is 1.26. The van der Waals surface area contributed by atoms with E-state index in [4.69, 9.17) is 0 Å². The summed E-state index contributed by atoms with van der Waals surface area (Å²) in [5.74, 6) is 0.982. The van der Waals surface area contributed by atoms with Gasteiger partial charge in [0.15, 0.2) is 0 Å². The van der Waals surface area contributed by atoms with Gasteiger partial charge in [0.05, 0.1) is 7.57 Å². The quantitative estimate of drug-likeness (QED) is 0.847. The van der Waals surface area contributed by atoms with Crippen molar-refractivity contribution >= 4 is 43.2 Å². The largest absolute Gasteiger partial charge is 0.310 e. The lowest BCUT2D eigenvalue weighted by Gasteiger charge is -2.17. The first-order valence-corrected chi connectivity index (χ1v) is 8.03. The third-order valence-corrected chi connectivity index (χ3v) is 5.09. The van der Waals surface area contributed by atoms with Crippen LogP contribution < -0.4 is 5.32 Å². The van der Waals surface area contributed by atoms with E-state index in [1.54, 1.807) is 17.7 Å². The highest BCUT2D eigenvalue weighted by Crippen LogP contribution is 2.36. The SMILES string of the molecule is CCNC(Cc1ncnn1C)c1cc(Br)sc1Br. The van der Waals surface area contributed by atoms with Gasteiger partial charge in [-0.2, -0.15) is 5.10 Å². The third-order valence-electron chi connectivity index (χ3n) is 2.70. The first kappa shape index (κ1) is 14.2. The number of hydrogen-bond donors (Lipinski definition) is 1. The lowest BCUT2D eigenvalue weighted by atomic mass is 10.1. The van der Waals surface area contributed by atoms with Crippen LogP contribution in [0.5, 0.6) is 0 Å². The normalized spacial score (nSPS) is 12.9. The monoisotopic (exact) mass is 392 g/mol. The van der Waals surface area contributed by atoms with Gasteiger partial charge in [-0.3, -0.25) is 4.68 Å². The molecule has 2 heterocycles. The van der Waals surface area contributed by atoms with Gasteiger partial charge in [0.25, 0.3) is 0 Å². The molecular weight excluding hydrogens is 380 g/mol. The number of nitrogens with zero attached hydrogens (tertiary/aromatic N) is 3. The van der Waals surface area contributed by atoms with Gasteiger partial charge in [0.1, 0.15) is 12.2 Å². The van der Waals surface area contributed by atoms with E-state index in [1.165, 1.54) is 5.56 Å². The fourth-order valence-corrected chi connectivity index (χ4v) is 4.79. The Hall–Kier alpha value is -0.240. The van der Waals surface area contributed by atoms with Crippen molar-refractivity contribution in [1.82, 2.24) is 20.1 Å². The van der Waals surface area contributed by atoms with E-state index >= 15 is 0 Å².